The molecule has 0 unspecified atom stereocenters. The molecule has 6 heteroatoms. The van der Waals surface area contributed by atoms with E-state index >= 15 is 0 Å². The SMILES string of the molecule is Cc1ccc(C(=O)c2c[nH]c3ccc([N+](=O)[O-])cc23)o1. The van der Waals surface area contributed by atoms with E-state index in [1.807, 2.05) is 0 Å². The van der Waals surface area contributed by atoms with Crippen molar-refractivity contribution in [1.29, 1.82) is 0 Å². The summed E-state index contributed by atoms with van der Waals surface area (Å²) in [6.07, 6.45) is 1.54. The number of ketones is 1. The van der Waals surface area contributed by atoms with Crippen molar-refractivity contribution in [2.24, 2.45) is 0 Å². The molecule has 2 heterocycles. The maximum absolute atomic E-state index is 12.3. The van der Waals surface area contributed by atoms with Crippen LogP contribution in [0.3, 0.4) is 0 Å². The van der Waals surface area contributed by atoms with Crippen LogP contribution in [0.5, 0.6) is 0 Å². The molecule has 0 aliphatic carbocycles. The van der Waals surface area contributed by atoms with Crippen molar-refractivity contribution in [3.63, 3.8) is 0 Å². The van der Waals surface area contributed by atoms with Gasteiger partial charge >= 0.3 is 0 Å². The third-order valence-corrected chi connectivity index (χ3v) is 3.08. The number of aromatic nitrogens is 1. The van der Waals surface area contributed by atoms with Crippen molar-refractivity contribution in [2.45, 2.75) is 6.92 Å². The van der Waals surface area contributed by atoms with E-state index in [1.54, 1.807) is 25.1 Å². The Labute approximate surface area is 113 Å². The van der Waals surface area contributed by atoms with Gasteiger partial charge in [0.2, 0.25) is 5.78 Å². The van der Waals surface area contributed by atoms with E-state index in [4.69, 9.17) is 4.42 Å². The van der Waals surface area contributed by atoms with Crippen LogP contribution < -0.4 is 0 Å². The van der Waals surface area contributed by atoms with Crippen LogP contribution in [0.1, 0.15) is 21.9 Å². The smallest absolute Gasteiger partial charge is 0.270 e. The number of aryl methyl sites for hydroxylation is 1. The van der Waals surface area contributed by atoms with E-state index < -0.39 is 4.92 Å². The summed E-state index contributed by atoms with van der Waals surface area (Å²) < 4.78 is 5.30. The number of non-ortho nitro benzene ring substituents is 1. The number of aromatic amines is 1. The van der Waals surface area contributed by atoms with Gasteiger partial charge in [0.05, 0.1) is 10.5 Å². The summed E-state index contributed by atoms with van der Waals surface area (Å²) in [5, 5.41) is 11.3. The van der Waals surface area contributed by atoms with Gasteiger partial charge in [-0.3, -0.25) is 14.9 Å². The molecule has 3 rings (SSSR count). The highest BCUT2D eigenvalue weighted by molar-refractivity contribution is 6.15. The molecule has 1 aromatic carbocycles. The first-order valence-electron chi connectivity index (χ1n) is 5.93. The average molecular weight is 270 g/mol. The van der Waals surface area contributed by atoms with Crippen LogP contribution in [-0.4, -0.2) is 15.7 Å². The highest BCUT2D eigenvalue weighted by Crippen LogP contribution is 2.25. The fourth-order valence-electron chi connectivity index (χ4n) is 2.10. The number of hydrogen-bond donors (Lipinski definition) is 1. The number of nitro groups is 1. The predicted octanol–water partition coefficient (Wildman–Crippen LogP) is 3.21. The van der Waals surface area contributed by atoms with Crippen molar-refractivity contribution in [1.82, 2.24) is 4.98 Å². The maximum Gasteiger partial charge on any atom is 0.270 e. The number of carbonyl (C=O) groups is 1. The third kappa shape index (κ3) is 1.87. The Balaban J connectivity index is 2.14. The minimum absolute atomic E-state index is 0.0539. The molecule has 3 aromatic rings. The van der Waals surface area contributed by atoms with Gasteiger partial charge in [-0.1, -0.05) is 0 Å². The molecule has 0 saturated heterocycles. The lowest BCUT2D eigenvalue weighted by Crippen LogP contribution is -1.98. The molecule has 0 aliphatic rings. The fraction of sp³-hybridized carbons (Fsp3) is 0.0714. The number of nitrogens with zero attached hydrogens (tertiary/aromatic N) is 1. The topological polar surface area (TPSA) is 89.1 Å². The van der Waals surface area contributed by atoms with Crippen LogP contribution >= 0.6 is 0 Å². The lowest BCUT2D eigenvalue weighted by molar-refractivity contribution is -0.384. The van der Waals surface area contributed by atoms with Crippen molar-refractivity contribution in [2.75, 3.05) is 0 Å². The number of H-pyrrole nitrogens is 1. The molecule has 0 amide bonds. The van der Waals surface area contributed by atoms with E-state index in [2.05, 4.69) is 4.98 Å². The number of fused-ring (bicyclic) bond motifs is 1. The molecular formula is C14H10N2O4. The molecule has 0 spiro atoms. The standard InChI is InChI=1S/C14H10N2O4/c1-8-2-5-13(20-8)14(17)11-7-15-12-4-3-9(16(18)19)6-10(11)12/h2-7,15H,1H3. The highest BCUT2D eigenvalue weighted by Gasteiger charge is 2.19. The maximum atomic E-state index is 12.3. The van der Waals surface area contributed by atoms with E-state index in [-0.39, 0.29) is 17.2 Å². The third-order valence-electron chi connectivity index (χ3n) is 3.08. The molecular weight excluding hydrogens is 260 g/mol. The van der Waals surface area contributed by atoms with E-state index in [0.717, 1.165) is 0 Å². The molecule has 2 aromatic heterocycles. The Morgan fingerprint density at radius 2 is 2.10 bits per heavy atom. The Kier molecular flexibility index (Phi) is 2.64. The van der Waals surface area contributed by atoms with Gasteiger partial charge in [-0.25, -0.2) is 0 Å². The van der Waals surface area contributed by atoms with Crippen LogP contribution in [0.2, 0.25) is 0 Å². The lowest BCUT2D eigenvalue weighted by Gasteiger charge is -1.96. The normalized spacial score (nSPS) is 10.8. The molecule has 1 N–H and O–H groups in total. The van der Waals surface area contributed by atoms with Crippen LogP contribution in [0.25, 0.3) is 10.9 Å². The van der Waals surface area contributed by atoms with Crippen LogP contribution in [0, 0.1) is 17.0 Å². The molecule has 0 radical (unpaired) electrons. The van der Waals surface area contributed by atoms with Crippen molar-refractivity contribution in [3.8, 4) is 0 Å². The van der Waals surface area contributed by atoms with E-state index in [0.29, 0.717) is 22.2 Å². The predicted molar refractivity (Wildman–Crippen MR) is 71.8 cm³/mol. The number of furan rings is 1. The summed E-state index contributed by atoms with van der Waals surface area (Å²) in [6, 6.07) is 7.65. The van der Waals surface area contributed by atoms with Gasteiger partial charge in [-0.2, -0.15) is 0 Å². The van der Waals surface area contributed by atoms with Crippen molar-refractivity contribution in [3.05, 3.63) is 63.7 Å². The van der Waals surface area contributed by atoms with Gasteiger partial charge in [0.25, 0.3) is 5.69 Å². The summed E-state index contributed by atoms with van der Waals surface area (Å²) in [5.74, 6) is 0.555. The first kappa shape index (κ1) is 12.2. The van der Waals surface area contributed by atoms with Crippen molar-refractivity contribution >= 4 is 22.4 Å². The number of carbonyl (C=O) groups excluding carboxylic acids is 1. The summed E-state index contributed by atoms with van der Waals surface area (Å²) in [7, 11) is 0. The molecule has 0 saturated carbocycles. The quantitative estimate of drug-likeness (QED) is 0.449. The zero-order valence-electron chi connectivity index (χ0n) is 10.5. The molecule has 100 valence electrons. The van der Waals surface area contributed by atoms with Crippen LogP contribution in [0.4, 0.5) is 5.69 Å². The van der Waals surface area contributed by atoms with Crippen LogP contribution in [-0.2, 0) is 0 Å². The Hall–Kier alpha value is -2.89. The number of benzene rings is 1. The largest absolute Gasteiger partial charge is 0.458 e. The number of nitrogens with one attached hydrogen (secondary N) is 1. The molecule has 6 nitrogen and oxygen atoms in total. The van der Waals surface area contributed by atoms with Gasteiger partial charge in [-0.05, 0) is 25.1 Å². The van der Waals surface area contributed by atoms with Gasteiger partial charge in [0, 0.05) is 29.2 Å². The van der Waals surface area contributed by atoms with Crippen molar-refractivity contribution < 1.29 is 14.1 Å². The Morgan fingerprint density at radius 1 is 1.30 bits per heavy atom. The zero-order valence-corrected chi connectivity index (χ0v) is 10.5. The minimum atomic E-state index is -0.488. The van der Waals surface area contributed by atoms with Gasteiger partial charge < -0.3 is 9.40 Å². The molecule has 20 heavy (non-hydrogen) atoms. The second kappa shape index (κ2) is 4.34. The molecule has 0 fully saturated rings. The monoisotopic (exact) mass is 270 g/mol. The number of hydrogen-bond acceptors (Lipinski definition) is 4. The number of nitro benzene ring substituents is 1. The average Bonchev–Trinajstić information content (AvgIpc) is 3.03. The van der Waals surface area contributed by atoms with E-state index in [9.17, 15) is 14.9 Å². The first-order valence-corrected chi connectivity index (χ1v) is 5.93. The lowest BCUT2D eigenvalue weighted by atomic mass is 10.1. The second-order valence-corrected chi connectivity index (χ2v) is 4.43. The Bertz CT molecular complexity index is 829. The number of rotatable bonds is 3. The summed E-state index contributed by atoms with van der Waals surface area (Å²) in [6.45, 7) is 1.75. The molecule has 0 bridgehead atoms. The van der Waals surface area contributed by atoms with Gasteiger partial charge in [0.1, 0.15) is 5.76 Å². The fourth-order valence-corrected chi connectivity index (χ4v) is 2.10. The molecule has 0 atom stereocenters. The van der Waals surface area contributed by atoms with Crippen LogP contribution in [0.15, 0.2) is 40.9 Å². The first-order chi connectivity index (χ1) is 9.56. The zero-order chi connectivity index (χ0) is 14.3. The van der Waals surface area contributed by atoms with Gasteiger partial charge in [0.15, 0.2) is 5.76 Å². The summed E-state index contributed by atoms with van der Waals surface area (Å²) in [4.78, 5) is 25.6. The molecule has 0 aliphatic heterocycles. The highest BCUT2D eigenvalue weighted by atomic mass is 16.6. The summed E-state index contributed by atoms with van der Waals surface area (Å²) >= 11 is 0. The minimum Gasteiger partial charge on any atom is -0.458 e. The van der Waals surface area contributed by atoms with Gasteiger partial charge in [-0.15, -0.1) is 0 Å². The Morgan fingerprint density at radius 3 is 2.75 bits per heavy atom. The second-order valence-electron chi connectivity index (χ2n) is 4.43. The summed E-state index contributed by atoms with van der Waals surface area (Å²) in [5.41, 5.74) is 0.974. The van der Waals surface area contributed by atoms with E-state index in [1.165, 1.54) is 18.3 Å².